The van der Waals surface area contributed by atoms with Gasteiger partial charge in [0.05, 0.1) is 16.5 Å². The van der Waals surface area contributed by atoms with Crippen LogP contribution in [0.15, 0.2) is 63.5 Å². The van der Waals surface area contributed by atoms with Gasteiger partial charge in [-0.25, -0.2) is 0 Å². The summed E-state index contributed by atoms with van der Waals surface area (Å²) in [5, 5.41) is 2.38. The molecule has 3 rings (SSSR count). The zero-order valence-electron chi connectivity index (χ0n) is 24.9. The number of carbonyl (C=O) groups is 3. The molecule has 1 amide bonds. The minimum absolute atomic E-state index is 0.164. The van der Waals surface area contributed by atoms with Crippen molar-refractivity contribution in [3.63, 3.8) is 0 Å². The van der Waals surface area contributed by atoms with Crippen molar-refractivity contribution in [3.05, 3.63) is 74.1 Å². The number of carbonyl (C=O) groups excluding carboxylic acids is 3. The molecule has 1 N–H and O–H groups in total. The first kappa shape index (κ1) is 36.4. The maximum Gasteiger partial charge on any atom is 0.348 e. The lowest BCUT2D eigenvalue weighted by molar-refractivity contribution is -0.187. The molecule has 3 atom stereocenters. The minimum atomic E-state index is -5.11. The molecular formula is C30H33Br2ClNO8PS. The number of fused-ring (bicyclic) bond motifs is 1. The summed E-state index contributed by atoms with van der Waals surface area (Å²) in [5.41, 5.74) is -3.28. The molecule has 0 radical (unpaired) electrons. The fourth-order valence-electron chi connectivity index (χ4n) is 3.79. The Bertz CT molecular complexity index is 1610. The molecule has 0 aliphatic heterocycles. The Balaban J connectivity index is 2.14. The van der Waals surface area contributed by atoms with E-state index in [2.05, 4.69) is 38.4 Å². The molecule has 44 heavy (non-hydrogen) atoms. The topological polar surface area (TPSA) is 119 Å². The Morgan fingerprint density at radius 3 is 2.18 bits per heavy atom. The van der Waals surface area contributed by atoms with Crippen molar-refractivity contribution < 1.29 is 37.8 Å². The monoisotopic (exact) mass is 791 g/mol. The van der Waals surface area contributed by atoms with Crippen molar-refractivity contribution >= 4 is 96.0 Å². The summed E-state index contributed by atoms with van der Waals surface area (Å²) in [6.45, 7) is 12.7. The quantitative estimate of drug-likeness (QED) is 0.123. The predicted molar refractivity (Wildman–Crippen MR) is 180 cm³/mol. The number of amides is 1. The number of esters is 2. The molecule has 3 aromatic rings. The SMILES string of the molecule is C=CN(C(=O)C(c1csc2ccc(Cl)cc12)P(=O)(O)OC(COC(=O)C(C)(C)C)OC(=O)C(C)(C)C)c1cc(Br)cc(Br)c1. The Kier molecular flexibility index (Phi) is 11.7. The van der Waals surface area contributed by atoms with Crippen LogP contribution >= 0.6 is 62.4 Å². The van der Waals surface area contributed by atoms with Crippen LogP contribution in [0.5, 0.6) is 0 Å². The fraction of sp³-hybridized carbons (Fsp3) is 0.367. The standard InChI is InChI=1S/C30H33Br2ClNO8PS/c1-8-34(20-12-17(31)11-18(32)13-20)26(35)25(22-16-44-23-10-9-19(33)14-21(22)23)43(38,39)42-24(41-28(37)30(5,6)7)15-40-27(36)29(2,3)4/h8-14,16,24-25H,1,15H2,2-7H3,(H,38,39). The summed E-state index contributed by atoms with van der Waals surface area (Å²) >= 11 is 14.3. The molecule has 0 saturated carbocycles. The highest BCUT2D eigenvalue weighted by molar-refractivity contribution is 9.11. The highest BCUT2D eigenvalue weighted by Crippen LogP contribution is 2.60. The summed E-state index contributed by atoms with van der Waals surface area (Å²) in [5.74, 6) is -2.30. The lowest BCUT2D eigenvalue weighted by Crippen LogP contribution is -2.36. The number of ether oxygens (including phenoxy) is 2. The summed E-state index contributed by atoms with van der Waals surface area (Å²) in [6, 6.07) is 10.00. The van der Waals surface area contributed by atoms with Gasteiger partial charge in [-0.15, -0.1) is 11.3 Å². The lowest BCUT2D eigenvalue weighted by Gasteiger charge is -2.30. The maximum absolute atomic E-state index is 14.3. The molecule has 0 spiro atoms. The van der Waals surface area contributed by atoms with E-state index in [0.717, 1.165) is 4.90 Å². The molecule has 0 bridgehead atoms. The van der Waals surface area contributed by atoms with Crippen molar-refractivity contribution in [1.29, 1.82) is 0 Å². The van der Waals surface area contributed by atoms with Crippen LogP contribution in [0, 0.1) is 10.8 Å². The van der Waals surface area contributed by atoms with Gasteiger partial charge in [0.2, 0.25) is 6.29 Å². The average Bonchev–Trinajstić information content (AvgIpc) is 3.27. The molecule has 2 aromatic carbocycles. The van der Waals surface area contributed by atoms with Crippen molar-refractivity contribution in [3.8, 4) is 0 Å². The fourth-order valence-corrected chi connectivity index (χ4v) is 7.83. The number of halogens is 3. The van der Waals surface area contributed by atoms with Crippen LogP contribution in [0.2, 0.25) is 5.02 Å². The number of benzene rings is 2. The van der Waals surface area contributed by atoms with Gasteiger partial charge in [0.1, 0.15) is 0 Å². The number of hydrogen-bond donors (Lipinski definition) is 1. The maximum atomic E-state index is 14.3. The first-order valence-corrected chi connectivity index (χ1v) is 17.7. The van der Waals surface area contributed by atoms with E-state index in [1.807, 2.05) is 0 Å². The smallest absolute Gasteiger partial charge is 0.348 e. The number of thiophene rings is 1. The third-order valence-corrected chi connectivity index (χ3v) is 9.87. The van der Waals surface area contributed by atoms with Gasteiger partial charge >= 0.3 is 19.5 Å². The molecule has 3 unspecified atom stereocenters. The normalized spacial score (nSPS) is 14.8. The molecule has 0 saturated heterocycles. The Morgan fingerprint density at radius 1 is 1.05 bits per heavy atom. The molecule has 238 valence electrons. The van der Waals surface area contributed by atoms with Gasteiger partial charge in [0.25, 0.3) is 5.91 Å². The van der Waals surface area contributed by atoms with Crippen LogP contribution in [0.4, 0.5) is 5.69 Å². The van der Waals surface area contributed by atoms with Gasteiger partial charge in [0, 0.05) is 24.9 Å². The molecule has 0 fully saturated rings. The molecule has 1 heterocycles. The van der Waals surface area contributed by atoms with E-state index in [1.165, 1.54) is 17.5 Å². The second-order valence-electron chi connectivity index (χ2n) is 11.9. The van der Waals surface area contributed by atoms with E-state index in [0.29, 0.717) is 29.7 Å². The molecule has 0 aliphatic carbocycles. The number of hydrogen-bond acceptors (Lipinski definition) is 8. The summed E-state index contributed by atoms with van der Waals surface area (Å²) in [6.07, 6.45) is -0.599. The Morgan fingerprint density at radius 2 is 1.64 bits per heavy atom. The highest BCUT2D eigenvalue weighted by Gasteiger charge is 2.46. The van der Waals surface area contributed by atoms with Crippen molar-refractivity contribution in [2.45, 2.75) is 53.5 Å². The van der Waals surface area contributed by atoms with E-state index >= 15 is 0 Å². The molecule has 0 aliphatic rings. The summed E-state index contributed by atoms with van der Waals surface area (Å²) in [7, 11) is -5.11. The van der Waals surface area contributed by atoms with Gasteiger partial charge in [-0.05, 0) is 94.3 Å². The molecule has 1 aromatic heterocycles. The van der Waals surface area contributed by atoms with Crippen LogP contribution in [-0.4, -0.2) is 35.6 Å². The van der Waals surface area contributed by atoms with Crippen molar-refractivity contribution in [2.75, 3.05) is 11.5 Å². The van der Waals surface area contributed by atoms with E-state index < -0.39 is 54.8 Å². The second-order valence-corrected chi connectivity index (χ2v) is 16.9. The van der Waals surface area contributed by atoms with Crippen LogP contribution < -0.4 is 4.90 Å². The molecular weight excluding hydrogens is 761 g/mol. The van der Waals surface area contributed by atoms with E-state index in [4.69, 9.17) is 25.6 Å². The number of rotatable bonds is 10. The van der Waals surface area contributed by atoms with E-state index in [9.17, 15) is 23.8 Å². The molecule has 9 nitrogen and oxygen atoms in total. The number of anilines is 1. The third-order valence-electron chi connectivity index (χ3n) is 6.05. The Labute approximate surface area is 282 Å². The van der Waals surface area contributed by atoms with E-state index in [-0.39, 0.29) is 5.56 Å². The van der Waals surface area contributed by atoms with Crippen LogP contribution in [0.25, 0.3) is 10.1 Å². The average molecular weight is 794 g/mol. The first-order valence-electron chi connectivity index (χ1n) is 13.2. The summed E-state index contributed by atoms with van der Waals surface area (Å²) in [4.78, 5) is 52.4. The van der Waals surface area contributed by atoms with Crippen LogP contribution in [0.1, 0.15) is 52.8 Å². The van der Waals surface area contributed by atoms with Crippen LogP contribution in [0.3, 0.4) is 0 Å². The van der Waals surface area contributed by atoms with Crippen molar-refractivity contribution in [2.24, 2.45) is 10.8 Å². The number of nitrogens with zero attached hydrogens (tertiary/aromatic N) is 1. The first-order chi connectivity index (χ1) is 20.2. The van der Waals surface area contributed by atoms with Gasteiger partial charge in [-0.3, -0.25) is 28.4 Å². The largest absolute Gasteiger partial charge is 0.459 e. The Hall–Kier alpha value is -2.05. The van der Waals surface area contributed by atoms with Crippen LogP contribution in [-0.2, 0) is 32.9 Å². The zero-order valence-corrected chi connectivity index (χ0v) is 30.6. The minimum Gasteiger partial charge on any atom is -0.459 e. The predicted octanol–water partition coefficient (Wildman–Crippen LogP) is 9.00. The van der Waals surface area contributed by atoms with Gasteiger partial charge in [-0.1, -0.05) is 50.0 Å². The van der Waals surface area contributed by atoms with Gasteiger partial charge < -0.3 is 14.4 Å². The third kappa shape index (κ3) is 9.02. The van der Waals surface area contributed by atoms with Crippen molar-refractivity contribution in [1.82, 2.24) is 0 Å². The summed E-state index contributed by atoms with van der Waals surface area (Å²) < 4.78 is 32.6. The lowest BCUT2D eigenvalue weighted by atomic mass is 9.97. The zero-order chi connectivity index (χ0) is 33.2. The van der Waals surface area contributed by atoms with Gasteiger partial charge in [-0.2, -0.15) is 0 Å². The second kappa shape index (κ2) is 14.2. The van der Waals surface area contributed by atoms with E-state index in [1.54, 1.807) is 83.3 Å². The highest BCUT2D eigenvalue weighted by atomic mass is 79.9. The van der Waals surface area contributed by atoms with Gasteiger partial charge in [0.15, 0.2) is 12.3 Å². The molecule has 14 heteroatoms.